The molecule has 49 heavy (non-hydrogen) atoms. The number of Topliss-reactive ketones (excluding diaryl/α,β-unsaturated/α-hetero) is 1. The van der Waals surface area contributed by atoms with Crippen LogP contribution in [-0.4, -0.2) is 61.0 Å². The van der Waals surface area contributed by atoms with Gasteiger partial charge in [-0.25, -0.2) is 36.3 Å². The molecule has 0 aliphatic carbocycles. The number of nitrogens with zero attached hydrogens (tertiary/aromatic N) is 5. The number of benzene rings is 3. The molecule has 3 heterocycles. The molecule has 1 fully saturated rings. The largest absolute Gasteiger partial charge is 0.326 e. The molecule has 9 nitrogen and oxygen atoms in total. The third-order valence-electron chi connectivity index (χ3n) is 8.37. The molecule has 15 heteroatoms. The molecule has 2 atom stereocenters. The Morgan fingerprint density at radius 2 is 1.57 bits per heavy atom. The van der Waals surface area contributed by atoms with Crippen LogP contribution in [-0.2, 0) is 16.1 Å². The van der Waals surface area contributed by atoms with Gasteiger partial charge in [0.1, 0.15) is 30.3 Å². The Kier molecular flexibility index (Phi) is 8.69. The van der Waals surface area contributed by atoms with Crippen LogP contribution in [0.4, 0.5) is 32.0 Å². The van der Waals surface area contributed by atoms with E-state index in [0.29, 0.717) is 27.9 Å². The number of alkyl halides is 1. The van der Waals surface area contributed by atoms with Crippen LogP contribution < -0.4 is 5.32 Å². The zero-order valence-electron chi connectivity index (χ0n) is 26.1. The van der Waals surface area contributed by atoms with Gasteiger partial charge in [-0.3, -0.25) is 19.1 Å². The Balaban J connectivity index is 1.26. The minimum atomic E-state index is -1.83. The zero-order chi connectivity index (χ0) is 35.3. The van der Waals surface area contributed by atoms with Crippen LogP contribution in [0.25, 0.3) is 33.2 Å². The van der Waals surface area contributed by atoms with Gasteiger partial charge in [-0.1, -0.05) is 18.2 Å². The SMILES string of the molecule is CC(=O)c1nn(CC(=O)N2C[C@H](F)C[C@H]2C(=O)Nc2cccc(-c3c(F)c(F)c(C)c(F)c3F)c2F)c2ccc(-c3cnc(C)nc3)cc12. The van der Waals surface area contributed by atoms with Gasteiger partial charge in [0, 0.05) is 47.8 Å². The van der Waals surface area contributed by atoms with Crippen molar-refractivity contribution in [3.63, 3.8) is 0 Å². The summed E-state index contributed by atoms with van der Waals surface area (Å²) in [5.41, 5.74) is -1.89. The number of likely N-dealkylation sites (tertiary alicyclic amines) is 1. The molecule has 1 aliphatic heterocycles. The fraction of sp³-hybridized carbons (Fsp3) is 0.235. The Morgan fingerprint density at radius 3 is 2.22 bits per heavy atom. The van der Waals surface area contributed by atoms with Crippen LogP contribution in [0.15, 0.2) is 48.8 Å². The monoisotopic (exact) mass is 680 g/mol. The molecule has 1 N–H and O–H groups in total. The molecule has 252 valence electrons. The molecule has 2 amide bonds. The van der Waals surface area contributed by atoms with Gasteiger partial charge in [0.15, 0.2) is 34.9 Å². The molecule has 6 rings (SSSR count). The number of halogens is 6. The molecule has 0 radical (unpaired) electrons. The summed E-state index contributed by atoms with van der Waals surface area (Å²) in [6.45, 7) is 2.90. The molecule has 0 spiro atoms. The summed E-state index contributed by atoms with van der Waals surface area (Å²) in [6, 6.07) is 6.63. The topological polar surface area (TPSA) is 110 Å². The number of amides is 2. The van der Waals surface area contributed by atoms with Crippen LogP contribution in [0.2, 0.25) is 0 Å². The maximum absolute atomic E-state index is 15.5. The van der Waals surface area contributed by atoms with Crippen molar-refractivity contribution in [2.24, 2.45) is 0 Å². The summed E-state index contributed by atoms with van der Waals surface area (Å²) in [5.74, 6) is -10.1. The first-order chi connectivity index (χ1) is 23.3. The second kappa shape index (κ2) is 12.8. The van der Waals surface area contributed by atoms with Crippen molar-refractivity contribution < 1.29 is 40.7 Å². The van der Waals surface area contributed by atoms with Crippen molar-refractivity contribution in [3.05, 3.63) is 95.0 Å². The van der Waals surface area contributed by atoms with Crippen molar-refractivity contribution in [2.75, 3.05) is 11.9 Å². The van der Waals surface area contributed by atoms with Crippen LogP contribution in [0, 0.1) is 42.9 Å². The third-order valence-corrected chi connectivity index (χ3v) is 8.37. The summed E-state index contributed by atoms with van der Waals surface area (Å²) in [7, 11) is 0. The number of fused-ring (bicyclic) bond motifs is 1. The Hall–Kier alpha value is -5.60. The van der Waals surface area contributed by atoms with Crippen molar-refractivity contribution in [1.82, 2.24) is 24.6 Å². The van der Waals surface area contributed by atoms with Gasteiger partial charge < -0.3 is 10.2 Å². The number of carbonyl (C=O) groups is 3. The summed E-state index contributed by atoms with van der Waals surface area (Å²) in [5, 5.41) is 6.96. The van der Waals surface area contributed by atoms with Crippen molar-refractivity contribution in [2.45, 2.75) is 46.0 Å². The van der Waals surface area contributed by atoms with E-state index in [2.05, 4.69) is 20.4 Å². The lowest BCUT2D eigenvalue weighted by Crippen LogP contribution is -2.44. The first-order valence-corrected chi connectivity index (χ1v) is 14.9. The molecule has 1 aliphatic rings. The van der Waals surface area contributed by atoms with Gasteiger partial charge >= 0.3 is 0 Å². The standard InChI is InChI=1S/C34H26F6N6O3/c1-15-28(36)31(39)27(32(40)29(15)37)21-5-4-6-23(30(21)38)43-34(49)25-10-20(35)13-45(25)26(48)14-46-24-8-7-18(19-11-41-17(3)42-12-19)9-22(24)33(44-46)16(2)47/h4-9,11-12,20,25H,10,13-14H2,1-3H3,(H,43,49)/t20-,25+/m1/s1. The first kappa shape index (κ1) is 33.3. The smallest absolute Gasteiger partial charge is 0.247 e. The lowest BCUT2D eigenvalue weighted by atomic mass is 10.00. The van der Waals surface area contributed by atoms with E-state index in [9.17, 15) is 36.3 Å². The van der Waals surface area contributed by atoms with E-state index in [1.807, 2.05) is 0 Å². The Labute approximate surface area is 274 Å². The van der Waals surface area contributed by atoms with Gasteiger partial charge in [-0.15, -0.1) is 0 Å². The fourth-order valence-corrected chi connectivity index (χ4v) is 5.82. The summed E-state index contributed by atoms with van der Waals surface area (Å²) in [6.07, 6.45) is 1.17. The molecule has 0 unspecified atom stereocenters. The van der Waals surface area contributed by atoms with Gasteiger partial charge in [-0.2, -0.15) is 5.10 Å². The highest BCUT2D eigenvalue weighted by molar-refractivity contribution is 6.06. The minimum Gasteiger partial charge on any atom is -0.326 e. The highest BCUT2D eigenvalue weighted by Crippen LogP contribution is 2.36. The number of aryl methyl sites for hydroxylation is 1. The van der Waals surface area contributed by atoms with E-state index >= 15 is 4.39 Å². The van der Waals surface area contributed by atoms with Gasteiger partial charge in [0.05, 0.1) is 23.3 Å². The predicted octanol–water partition coefficient (Wildman–Crippen LogP) is 6.25. The van der Waals surface area contributed by atoms with Gasteiger partial charge in [0.25, 0.3) is 0 Å². The maximum atomic E-state index is 15.5. The summed E-state index contributed by atoms with van der Waals surface area (Å²) < 4.78 is 89.3. The minimum absolute atomic E-state index is 0.0772. The molecular formula is C34H26F6N6O3. The zero-order valence-corrected chi connectivity index (χ0v) is 26.1. The summed E-state index contributed by atoms with van der Waals surface area (Å²) in [4.78, 5) is 48.7. The average molecular weight is 681 g/mol. The molecule has 5 aromatic rings. The van der Waals surface area contributed by atoms with E-state index < -0.39 is 95.0 Å². The number of anilines is 1. The van der Waals surface area contributed by atoms with Crippen LogP contribution in [0.5, 0.6) is 0 Å². The average Bonchev–Trinajstić information content (AvgIpc) is 3.65. The molecule has 3 aromatic carbocycles. The van der Waals surface area contributed by atoms with E-state index in [1.54, 1.807) is 37.5 Å². The fourth-order valence-electron chi connectivity index (χ4n) is 5.82. The first-order valence-electron chi connectivity index (χ1n) is 14.9. The van der Waals surface area contributed by atoms with E-state index in [1.165, 1.54) is 11.6 Å². The van der Waals surface area contributed by atoms with Crippen molar-refractivity contribution >= 4 is 34.2 Å². The van der Waals surface area contributed by atoms with E-state index in [4.69, 9.17) is 0 Å². The second-order valence-corrected chi connectivity index (χ2v) is 11.6. The highest BCUT2D eigenvalue weighted by Gasteiger charge is 2.40. The normalized spacial score (nSPS) is 16.0. The maximum Gasteiger partial charge on any atom is 0.247 e. The molecule has 2 aromatic heterocycles. The Bertz CT molecular complexity index is 2140. The number of hydrogen-bond acceptors (Lipinski definition) is 6. The van der Waals surface area contributed by atoms with Crippen LogP contribution in [0.1, 0.15) is 35.2 Å². The van der Waals surface area contributed by atoms with E-state index in [0.717, 1.165) is 30.0 Å². The van der Waals surface area contributed by atoms with Crippen LogP contribution >= 0.6 is 0 Å². The van der Waals surface area contributed by atoms with Crippen LogP contribution in [0.3, 0.4) is 0 Å². The lowest BCUT2D eigenvalue weighted by molar-refractivity contribution is -0.137. The highest BCUT2D eigenvalue weighted by atomic mass is 19.2. The van der Waals surface area contributed by atoms with Crippen molar-refractivity contribution in [3.8, 4) is 22.3 Å². The van der Waals surface area contributed by atoms with Gasteiger partial charge in [0.2, 0.25) is 11.8 Å². The number of hydrogen-bond donors (Lipinski definition) is 1. The second-order valence-electron chi connectivity index (χ2n) is 11.6. The van der Waals surface area contributed by atoms with Gasteiger partial charge in [-0.05, 0) is 37.6 Å². The number of rotatable bonds is 7. The molecular weight excluding hydrogens is 654 g/mol. The quantitative estimate of drug-likeness (QED) is 0.124. The molecule has 0 saturated carbocycles. The number of carbonyl (C=O) groups excluding carboxylic acids is 3. The van der Waals surface area contributed by atoms with Crippen molar-refractivity contribution in [1.29, 1.82) is 0 Å². The predicted molar refractivity (Wildman–Crippen MR) is 166 cm³/mol. The number of nitrogens with one attached hydrogen (secondary N) is 1. The Morgan fingerprint density at radius 1 is 0.898 bits per heavy atom. The molecule has 0 bridgehead atoms. The summed E-state index contributed by atoms with van der Waals surface area (Å²) >= 11 is 0. The molecule has 1 saturated heterocycles. The lowest BCUT2D eigenvalue weighted by Gasteiger charge is -2.24. The number of aromatic nitrogens is 4. The van der Waals surface area contributed by atoms with E-state index in [-0.39, 0.29) is 11.5 Å². The number of ketones is 1. The third kappa shape index (κ3) is 6.00.